The molecule has 0 N–H and O–H groups in total. The molecule has 1 aromatic carbocycles. The molecule has 0 radical (unpaired) electrons. The van der Waals surface area contributed by atoms with Crippen LogP contribution in [0.3, 0.4) is 0 Å². The van der Waals surface area contributed by atoms with Crippen molar-refractivity contribution in [2.24, 2.45) is 0 Å². The highest BCUT2D eigenvalue weighted by molar-refractivity contribution is 5.91. The third-order valence-electron chi connectivity index (χ3n) is 8.00. The summed E-state index contributed by atoms with van der Waals surface area (Å²) in [6.45, 7) is 6.61. The van der Waals surface area contributed by atoms with E-state index in [1.165, 1.54) is 0 Å². The molecule has 0 amide bonds. The van der Waals surface area contributed by atoms with Gasteiger partial charge in [0.1, 0.15) is 6.61 Å². The van der Waals surface area contributed by atoms with E-state index in [1.54, 1.807) is 4.57 Å². The summed E-state index contributed by atoms with van der Waals surface area (Å²) in [4.78, 5) is 31.9. The van der Waals surface area contributed by atoms with Crippen molar-refractivity contribution in [3.8, 4) is 22.9 Å². The normalized spacial score (nSPS) is 22.5. The third kappa shape index (κ3) is 2.74. The first kappa shape index (κ1) is 20.9. The first-order chi connectivity index (χ1) is 16.9. The zero-order chi connectivity index (χ0) is 24.1. The van der Waals surface area contributed by atoms with Crippen molar-refractivity contribution >= 4 is 16.9 Å². The van der Waals surface area contributed by atoms with Crippen LogP contribution in [-0.2, 0) is 39.4 Å². The molecule has 8 nitrogen and oxygen atoms in total. The first-order valence-corrected chi connectivity index (χ1v) is 12.3. The van der Waals surface area contributed by atoms with Crippen molar-refractivity contribution in [1.29, 1.82) is 0 Å². The molecular weight excluding hydrogens is 448 g/mol. The summed E-state index contributed by atoms with van der Waals surface area (Å²) in [6, 6.07) is 5.84. The number of cyclic esters (lactones) is 1. The van der Waals surface area contributed by atoms with Gasteiger partial charge < -0.3 is 23.5 Å². The van der Waals surface area contributed by atoms with Crippen LogP contribution in [0, 0.1) is 0 Å². The van der Waals surface area contributed by atoms with Crippen molar-refractivity contribution < 1.29 is 23.7 Å². The van der Waals surface area contributed by atoms with E-state index in [2.05, 4.69) is 6.92 Å². The van der Waals surface area contributed by atoms with Crippen LogP contribution in [0.1, 0.15) is 62.3 Å². The molecule has 180 valence electrons. The Hall–Kier alpha value is -3.39. The summed E-state index contributed by atoms with van der Waals surface area (Å²) in [6.07, 6.45) is 2.94. The number of rotatable bonds is 4. The molecule has 35 heavy (non-hydrogen) atoms. The number of pyridine rings is 2. The predicted octanol–water partition coefficient (Wildman–Crippen LogP) is 3.95. The molecule has 4 aliphatic rings. The second-order valence-corrected chi connectivity index (χ2v) is 10.1. The number of aryl methyl sites for hydroxylation is 1. The van der Waals surface area contributed by atoms with Crippen LogP contribution in [0.5, 0.6) is 11.5 Å². The fraction of sp³-hybridized carbons (Fsp3) is 0.444. The van der Waals surface area contributed by atoms with Crippen LogP contribution in [0.2, 0.25) is 0 Å². The molecule has 3 aromatic rings. The Morgan fingerprint density at radius 3 is 2.54 bits per heavy atom. The van der Waals surface area contributed by atoms with E-state index in [0.717, 1.165) is 52.7 Å². The van der Waals surface area contributed by atoms with Gasteiger partial charge in [0.2, 0.25) is 6.79 Å². The molecule has 7 rings (SSSR count). The lowest BCUT2D eigenvalue weighted by atomic mass is 9.85. The van der Waals surface area contributed by atoms with E-state index >= 15 is 0 Å². The van der Waals surface area contributed by atoms with Crippen molar-refractivity contribution in [1.82, 2.24) is 9.55 Å². The first-order valence-electron chi connectivity index (χ1n) is 12.3. The largest absolute Gasteiger partial charge is 0.458 e. The van der Waals surface area contributed by atoms with Crippen molar-refractivity contribution in [2.75, 3.05) is 6.79 Å². The molecule has 0 spiro atoms. The Morgan fingerprint density at radius 2 is 1.83 bits per heavy atom. The highest BCUT2D eigenvalue weighted by Gasteiger charge is 2.54. The Kier molecular flexibility index (Phi) is 4.10. The maximum absolute atomic E-state index is 13.8. The van der Waals surface area contributed by atoms with E-state index in [4.69, 9.17) is 23.9 Å². The van der Waals surface area contributed by atoms with Gasteiger partial charge in [0.15, 0.2) is 17.1 Å². The zero-order valence-electron chi connectivity index (χ0n) is 20.0. The second kappa shape index (κ2) is 6.85. The number of carbonyl (C=O) groups is 1. The fourth-order valence-electron chi connectivity index (χ4n) is 5.81. The zero-order valence-corrected chi connectivity index (χ0v) is 20.0. The number of aromatic nitrogens is 2. The van der Waals surface area contributed by atoms with Gasteiger partial charge in [0.05, 0.1) is 34.6 Å². The standard InChI is InChI=1S/C27H26N2O6/c1-4-14-15-8-21-22(34-13-33-21)10-19(15)28-23-16(14)11-29-20(23)9-18-17(24(29)30)12-32-25(31)27(18,5-2)35-26(3)6-7-26/h8-10H,4-7,11-13H2,1-3H3/t27-/m0/s1. The molecule has 2 aromatic heterocycles. The van der Waals surface area contributed by atoms with Crippen LogP contribution < -0.4 is 15.0 Å². The molecule has 3 aliphatic heterocycles. The van der Waals surface area contributed by atoms with Crippen molar-refractivity contribution in [2.45, 2.75) is 70.8 Å². The van der Waals surface area contributed by atoms with E-state index < -0.39 is 11.6 Å². The van der Waals surface area contributed by atoms with Gasteiger partial charge in [-0.3, -0.25) is 4.79 Å². The third-order valence-corrected chi connectivity index (χ3v) is 8.00. The minimum atomic E-state index is -1.28. The highest BCUT2D eigenvalue weighted by atomic mass is 16.7. The maximum atomic E-state index is 13.8. The Bertz CT molecular complexity index is 1520. The SMILES string of the molecule is CCc1c2c(nc3cc4c(cc13)OCO4)-c1cc3c(c(=O)n1C2)COC(=O)[C@@]3(CC)OC1(C)CC1. The minimum Gasteiger partial charge on any atom is -0.458 e. The Balaban J connectivity index is 1.48. The minimum absolute atomic E-state index is 0.0388. The van der Waals surface area contributed by atoms with Gasteiger partial charge in [-0.15, -0.1) is 0 Å². The molecule has 1 atom stereocenters. The number of nitrogens with zero attached hydrogens (tertiary/aromatic N) is 2. The molecule has 1 saturated carbocycles. The van der Waals surface area contributed by atoms with Crippen molar-refractivity contribution in [3.63, 3.8) is 0 Å². The van der Waals surface area contributed by atoms with Crippen LogP contribution >= 0.6 is 0 Å². The van der Waals surface area contributed by atoms with E-state index in [9.17, 15) is 9.59 Å². The average molecular weight is 475 g/mol. The summed E-state index contributed by atoms with van der Waals surface area (Å²) in [7, 11) is 0. The molecule has 0 saturated heterocycles. The lowest BCUT2D eigenvalue weighted by Crippen LogP contribution is -2.48. The lowest BCUT2D eigenvalue weighted by Gasteiger charge is -2.38. The summed E-state index contributed by atoms with van der Waals surface area (Å²) in [5.41, 5.74) is 3.77. The molecule has 0 bridgehead atoms. The monoisotopic (exact) mass is 474 g/mol. The van der Waals surface area contributed by atoms with Crippen LogP contribution in [0.25, 0.3) is 22.3 Å². The smallest absolute Gasteiger partial charge is 0.343 e. The maximum Gasteiger partial charge on any atom is 0.343 e. The van der Waals surface area contributed by atoms with Gasteiger partial charge in [-0.05, 0) is 50.3 Å². The Labute approximate surface area is 201 Å². The van der Waals surface area contributed by atoms with Gasteiger partial charge in [0.25, 0.3) is 5.56 Å². The topological polar surface area (TPSA) is 88.9 Å². The number of esters is 1. The van der Waals surface area contributed by atoms with Crippen LogP contribution in [0.4, 0.5) is 0 Å². The number of hydrogen-bond acceptors (Lipinski definition) is 7. The van der Waals surface area contributed by atoms with Gasteiger partial charge in [-0.2, -0.15) is 0 Å². The number of carbonyl (C=O) groups excluding carboxylic acids is 1. The molecule has 1 aliphatic carbocycles. The molecule has 8 heteroatoms. The van der Waals surface area contributed by atoms with Gasteiger partial charge in [-0.1, -0.05) is 13.8 Å². The molecule has 1 fully saturated rings. The quantitative estimate of drug-likeness (QED) is 0.414. The molecule has 5 heterocycles. The predicted molar refractivity (Wildman–Crippen MR) is 127 cm³/mol. The summed E-state index contributed by atoms with van der Waals surface area (Å²) < 4.78 is 24.9. The fourth-order valence-corrected chi connectivity index (χ4v) is 5.81. The van der Waals surface area contributed by atoms with Gasteiger partial charge in [-0.25, -0.2) is 9.78 Å². The van der Waals surface area contributed by atoms with E-state index in [1.807, 2.05) is 32.0 Å². The number of fused-ring (bicyclic) bond motifs is 6. The van der Waals surface area contributed by atoms with Crippen LogP contribution in [-0.4, -0.2) is 27.9 Å². The second-order valence-electron chi connectivity index (χ2n) is 10.1. The van der Waals surface area contributed by atoms with Crippen molar-refractivity contribution in [3.05, 3.63) is 50.8 Å². The molecule has 0 unspecified atom stereocenters. The van der Waals surface area contributed by atoms with E-state index in [-0.39, 0.29) is 24.6 Å². The summed E-state index contributed by atoms with van der Waals surface area (Å²) in [5, 5.41) is 1.01. The van der Waals surface area contributed by atoms with Gasteiger partial charge in [0, 0.05) is 22.6 Å². The highest BCUT2D eigenvalue weighted by Crippen LogP contribution is 2.49. The van der Waals surface area contributed by atoms with Crippen LogP contribution in [0.15, 0.2) is 23.0 Å². The summed E-state index contributed by atoms with van der Waals surface area (Å²) >= 11 is 0. The number of ether oxygens (including phenoxy) is 4. The Morgan fingerprint density at radius 1 is 1.06 bits per heavy atom. The molecular formula is C27H26N2O6. The average Bonchev–Trinajstić information content (AvgIpc) is 3.23. The summed E-state index contributed by atoms with van der Waals surface area (Å²) in [5.74, 6) is 0.967. The number of benzene rings is 1. The van der Waals surface area contributed by atoms with Gasteiger partial charge >= 0.3 is 5.97 Å². The number of hydrogen-bond donors (Lipinski definition) is 0. The lowest BCUT2D eigenvalue weighted by molar-refractivity contribution is -0.192. The van der Waals surface area contributed by atoms with E-state index in [0.29, 0.717) is 35.6 Å².